The molecule has 0 amide bonds. The Morgan fingerprint density at radius 3 is 1.50 bits per heavy atom. The minimum atomic E-state index is 0. The quantitative estimate of drug-likeness (QED) is 0.555. The van der Waals surface area contributed by atoms with Gasteiger partial charge in [-0.1, -0.05) is 60.7 Å². The molecule has 2 rings (SSSR count). The zero-order chi connectivity index (χ0) is 16.7. The first kappa shape index (κ1) is 20.7. The molecule has 24 heavy (non-hydrogen) atoms. The molecule has 0 saturated heterocycles. The SMILES string of the molecule is CC(C)N(CCCC(c1ccccc1)c1ccccc1)C(C)C.Cl. The summed E-state index contributed by atoms with van der Waals surface area (Å²) in [5, 5.41) is 0. The fourth-order valence-electron chi connectivity index (χ4n) is 3.49. The van der Waals surface area contributed by atoms with Crippen LogP contribution >= 0.6 is 12.4 Å². The van der Waals surface area contributed by atoms with Crippen LogP contribution in [0.5, 0.6) is 0 Å². The van der Waals surface area contributed by atoms with Crippen LogP contribution in [0.15, 0.2) is 60.7 Å². The third-order valence-corrected chi connectivity index (χ3v) is 4.64. The molecule has 2 heteroatoms. The Kier molecular flexibility index (Phi) is 9.10. The third-order valence-electron chi connectivity index (χ3n) is 4.64. The van der Waals surface area contributed by atoms with Crippen LogP contribution in [0.25, 0.3) is 0 Å². The molecule has 0 radical (unpaired) electrons. The molecule has 0 heterocycles. The van der Waals surface area contributed by atoms with Gasteiger partial charge in [-0.15, -0.1) is 12.4 Å². The number of nitrogens with zero attached hydrogens (tertiary/aromatic N) is 1. The predicted molar refractivity (Wildman–Crippen MR) is 108 cm³/mol. The van der Waals surface area contributed by atoms with Crippen LogP contribution in [0, 0.1) is 0 Å². The van der Waals surface area contributed by atoms with Gasteiger partial charge in [-0.3, -0.25) is 4.90 Å². The van der Waals surface area contributed by atoms with Crippen molar-refractivity contribution < 1.29 is 0 Å². The van der Waals surface area contributed by atoms with Crippen molar-refractivity contribution >= 4 is 12.4 Å². The van der Waals surface area contributed by atoms with Crippen molar-refractivity contribution in [1.29, 1.82) is 0 Å². The average molecular weight is 346 g/mol. The number of benzene rings is 2. The van der Waals surface area contributed by atoms with Crippen molar-refractivity contribution in [1.82, 2.24) is 4.90 Å². The van der Waals surface area contributed by atoms with Gasteiger partial charge in [0, 0.05) is 18.0 Å². The average Bonchev–Trinajstić information content (AvgIpc) is 2.56. The van der Waals surface area contributed by atoms with Crippen LogP contribution in [-0.4, -0.2) is 23.5 Å². The van der Waals surface area contributed by atoms with E-state index in [0.717, 1.165) is 0 Å². The van der Waals surface area contributed by atoms with E-state index in [9.17, 15) is 0 Å². The highest BCUT2D eigenvalue weighted by Gasteiger charge is 2.16. The van der Waals surface area contributed by atoms with E-state index in [1.54, 1.807) is 0 Å². The van der Waals surface area contributed by atoms with Gasteiger partial charge in [0.15, 0.2) is 0 Å². The van der Waals surface area contributed by atoms with Gasteiger partial charge in [0.25, 0.3) is 0 Å². The van der Waals surface area contributed by atoms with Gasteiger partial charge in [-0.25, -0.2) is 0 Å². The second-order valence-electron chi connectivity index (χ2n) is 6.94. The van der Waals surface area contributed by atoms with E-state index in [-0.39, 0.29) is 12.4 Å². The highest BCUT2D eigenvalue weighted by Crippen LogP contribution is 2.29. The molecule has 0 unspecified atom stereocenters. The van der Waals surface area contributed by atoms with Crippen molar-refractivity contribution in [2.75, 3.05) is 6.54 Å². The molecule has 0 saturated carbocycles. The Labute approximate surface area is 154 Å². The summed E-state index contributed by atoms with van der Waals surface area (Å²) in [5.41, 5.74) is 2.86. The summed E-state index contributed by atoms with van der Waals surface area (Å²) >= 11 is 0. The van der Waals surface area contributed by atoms with Gasteiger partial charge in [-0.05, 0) is 58.2 Å². The van der Waals surface area contributed by atoms with Gasteiger partial charge < -0.3 is 0 Å². The lowest BCUT2D eigenvalue weighted by Gasteiger charge is -2.31. The molecular formula is C22H32ClN. The maximum Gasteiger partial charge on any atom is 0.00898 e. The molecule has 0 aliphatic heterocycles. The first-order chi connectivity index (χ1) is 11.1. The molecule has 0 aliphatic rings. The molecule has 0 aliphatic carbocycles. The topological polar surface area (TPSA) is 3.24 Å². The van der Waals surface area contributed by atoms with E-state index in [2.05, 4.69) is 93.3 Å². The van der Waals surface area contributed by atoms with Gasteiger partial charge in [-0.2, -0.15) is 0 Å². The smallest absolute Gasteiger partial charge is 0.00898 e. The highest BCUT2D eigenvalue weighted by atomic mass is 35.5. The van der Waals surface area contributed by atoms with E-state index >= 15 is 0 Å². The molecule has 1 nitrogen and oxygen atoms in total. The summed E-state index contributed by atoms with van der Waals surface area (Å²) < 4.78 is 0. The number of halogens is 1. The Morgan fingerprint density at radius 1 is 0.708 bits per heavy atom. The summed E-state index contributed by atoms with van der Waals surface area (Å²) in [6.45, 7) is 10.4. The predicted octanol–water partition coefficient (Wildman–Crippen LogP) is 6.14. The van der Waals surface area contributed by atoms with Crippen LogP contribution in [0.4, 0.5) is 0 Å². The standard InChI is InChI=1S/C22H31N.ClH/c1-18(2)23(19(3)4)17-11-16-22(20-12-7-5-8-13-20)21-14-9-6-10-15-21;/h5-10,12-15,18-19,22H,11,16-17H2,1-4H3;1H. The van der Waals surface area contributed by atoms with Crippen LogP contribution in [-0.2, 0) is 0 Å². The highest BCUT2D eigenvalue weighted by molar-refractivity contribution is 5.85. The van der Waals surface area contributed by atoms with Gasteiger partial charge in [0.05, 0.1) is 0 Å². The minimum Gasteiger partial charge on any atom is -0.299 e. The Bertz CT molecular complexity index is 503. The molecule has 2 aromatic carbocycles. The Morgan fingerprint density at radius 2 is 1.12 bits per heavy atom. The van der Waals surface area contributed by atoms with E-state index in [4.69, 9.17) is 0 Å². The summed E-state index contributed by atoms with van der Waals surface area (Å²) in [6, 6.07) is 23.1. The van der Waals surface area contributed by atoms with Gasteiger partial charge in [0.2, 0.25) is 0 Å². The summed E-state index contributed by atoms with van der Waals surface area (Å²) in [4.78, 5) is 2.59. The zero-order valence-electron chi connectivity index (χ0n) is 15.5. The third kappa shape index (κ3) is 5.96. The molecule has 0 bridgehead atoms. The molecule has 0 fully saturated rings. The van der Waals surface area contributed by atoms with Crippen molar-refractivity contribution in [3.05, 3.63) is 71.8 Å². The first-order valence-electron chi connectivity index (χ1n) is 8.95. The van der Waals surface area contributed by atoms with Crippen molar-refractivity contribution in [2.45, 2.75) is 58.5 Å². The molecule has 0 atom stereocenters. The number of hydrogen-bond acceptors (Lipinski definition) is 1. The van der Waals surface area contributed by atoms with E-state index in [0.29, 0.717) is 18.0 Å². The van der Waals surface area contributed by atoms with Crippen LogP contribution in [0.1, 0.15) is 57.6 Å². The fourth-order valence-corrected chi connectivity index (χ4v) is 3.49. The van der Waals surface area contributed by atoms with Crippen LogP contribution in [0.3, 0.4) is 0 Å². The van der Waals surface area contributed by atoms with Gasteiger partial charge in [0.1, 0.15) is 0 Å². The number of rotatable bonds is 8. The Hall–Kier alpha value is -1.31. The van der Waals surface area contributed by atoms with E-state index in [1.807, 2.05) is 0 Å². The maximum atomic E-state index is 2.59. The molecular weight excluding hydrogens is 314 g/mol. The van der Waals surface area contributed by atoms with Crippen molar-refractivity contribution in [3.63, 3.8) is 0 Å². The van der Waals surface area contributed by atoms with Crippen LogP contribution < -0.4 is 0 Å². The second-order valence-corrected chi connectivity index (χ2v) is 6.94. The molecule has 0 aromatic heterocycles. The molecule has 2 aromatic rings. The second kappa shape index (κ2) is 10.5. The maximum absolute atomic E-state index is 2.59. The summed E-state index contributed by atoms with van der Waals surface area (Å²) in [6.07, 6.45) is 2.43. The molecule has 0 spiro atoms. The lowest BCUT2D eigenvalue weighted by molar-refractivity contribution is 0.171. The van der Waals surface area contributed by atoms with Gasteiger partial charge >= 0.3 is 0 Å². The lowest BCUT2D eigenvalue weighted by Crippen LogP contribution is -2.37. The van der Waals surface area contributed by atoms with E-state index in [1.165, 1.54) is 30.5 Å². The van der Waals surface area contributed by atoms with Crippen molar-refractivity contribution in [2.24, 2.45) is 0 Å². The first-order valence-corrected chi connectivity index (χ1v) is 8.95. The lowest BCUT2D eigenvalue weighted by atomic mass is 9.87. The fraction of sp³-hybridized carbons (Fsp3) is 0.455. The monoisotopic (exact) mass is 345 g/mol. The minimum absolute atomic E-state index is 0. The zero-order valence-corrected chi connectivity index (χ0v) is 16.3. The summed E-state index contributed by atoms with van der Waals surface area (Å²) in [7, 11) is 0. The summed E-state index contributed by atoms with van der Waals surface area (Å²) in [5.74, 6) is 0.499. The Balaban J connectivity index is 0.00000288. The van der Waals surface area contributed by atoms with Crippen LogP contribution in [0.2, 0.25) is 0 Å². The number of hydrogen-bond donors (Lipinski definition) is 0. The normalized spacial score (nSPS) is 11.3. The molecule has 132 valence electrons. The van der Waals surface area contributed by atoms with E-state index < -0.39 is 0 Å². The van der Waals surface area contributed by atoms with Crippen molar-refractivity contribution in [3.8, 4) is 0 Å². The largest absolute Gasteiger partial charge is 0.299 e. The molecule has 0 N–H and O–H groups in total.